The summed E-state index contributed by atoms with van der Waals surface area (Å²) >= 11 is 1.55. The van der Waals surface area contributed by atoms with Crippen molar-refractivity contribution in [2.45, 2.75) is 38.1 Å². The minimum atomic E-state index is -0.283. The van der Waals surface area contributed by atoms with E-state index in [0.29, 0.717) is 12.4 Å². The smallest absolute Gasteiger partial charge is 0.225 e. The van der Waals surface area contributed by atoms with Crippen LogP contribution in [0.25, 0.3) is 11.1 Å². The van der Waals surface area contributed by atoms with Crippen molar-refractivity contribution < 1.29 is 14.0 Å². The van der Waals surface area contributed by atoms with Crippen molar-refractivity contribution in [3.05, 3.63) is 52.5 Å². The van der Waals surface area contributed by atoms with E-state index in [4.69, 9.17) is 4.42 Å². The van der Waals surface area contributed by atoms with Gasteiger partial charge in [0.1, 0.15) is 5.52 Å². The molecule has 2 amide bonds. The van der Waals surface area contributed by atoms with Crippen LogP contribution in [0.1, 0.15) is 48.9 Å². The van der Waals surface area contributed by atoms with Crippen molar-refractivity contribution in [1.82, 2.24) is 15.2 Å². The maximum Gasteiger partial charge on any atom is 0.225 e. The first-order valence-electron chi connectivity index (χ1n) is 9.54. The van der Waals surface area contributed by atoms with Crippen molar-refractivity contribution in [3.8, 4) is 0 Å². The molecule has 146 valence electrons. The fraction of sp³-hybridized carbons (Fsp3) is 0.381. The van der Waals surface area contributed by atoms with E-state index in [1.807, 2.05) is 46.7 Å². The van der Waals surface area contributed by atoms with Gasteiger partial charge in [0, 0.05) is 24.9 Å². The van der Waals surface area contributed by atoms with Gasteiger partial charge < -0.3 is 14.6 Å². The summed E-state index contributed by atoms with van der Waals surface area (Å²) < 4.78 is 5.92. The van der Waals surface area contributed by atoms with Crippen LogP contribution < -0.4 is 5.32 Å². The highest BCUT2D eigenvalue weighted by Crippen LogP contribution is 2.30. The number of fused-ring (bicyclic) bond motifs is 1. The number of piperidine rings is 1. The predicted molar refractivity (Wildman–Crippen MR) is 108 cm³/mol. The van der Waals surface area contributed by atoms with Gasteiger partial charge in [0.25, 0.3) is 0 Å². The molecule has 6 nitrogen and oxygen atoms in total. The number of nitrogens with zero attached hydrogens (tertiary/aromatic N) is 2. The summed E-state index contributed by atoms with van der Waals surface area (Å²) in [5, 5.41) is 4.86. The Balaban J connectivity index is 1.45. The zero-order chi connectivity index (χ0) is 19.5. The Morgan fingerprint density at radius 1 is 1.32 bits per heavy atom. The number of carbonyl (C=O) groups excluding carboxylic acids is 2. The maximum atomic E-state index is 13.0. The van der Waals surface area contributed by atoms with E-state index >= 15 is 0 Å². The number of likely N-dealkylation sites (tertiary alicyclic amines) is 1. The number of carbonyl (C=O) groups is 2. The van der Waals surface area contributed by atoms with Crippen LogP contribution in [-0.2, 0) is 9.59 Å². The summed E-state index contributed by atoms with van der Waals surface area (Å²) in [5.74, 6) is 0.726. The Bertz CT molecular complexity index is 933. The third-order valence-electron chi connectivity index (χ3n) is 5.08. The van der Waals surface area contributed by atoms with Crippen molar-refractivity contribution in [2.75, 3.05) is 13.1 Å². The van der Waals surface area contributed by atoms with Gasteiger partial charge in [0.2, 0.25) is 11.8 Å². The number of rotatable bonds is 5. The fourth-order valence-corrected chi connectivity index (χ4v) is 4.51. The summed E-state index contributed by atoms with van der Waals surface area (Å²) in [7, 11) is 0. The van der Waals surface area contributed by atoms with Gasteiger partial charge in [-0.3, -0.25) is 9.59 Å². The topological polar surface area (TPSA) is 75.4 Å². The van der Waals surface area contributed by atoms with Gasteiger partial charge in [-0.1, -0.05) is 18.2 Å². The first-order valence-corrected chi connectivity index (χ1v) is 10.4. The molecular weight excluding hydrogens is 374 g/mol. The maximum absolute atomic E-state index is 13.0. The van der Waals surface area contributed by atoms with Gasteiger partial charge in [-0.05, 0) is 36.4 Å². The third-order valence-corrected chi connectivity index (χ3v) is 6.06. The van der Waals surface area contributed by atoms with Gasteiger partial charge in [0.15, 0.2) is 11.5 Å². The monoisotopic (exact) mass is 397 g/mol. The minimum Gasteiger partial charge on any atom is -0.440 e. The summed E-state index contributed by atoms with van der Waals surface area (Å²) in [6, 6.07) is 11.3. The minimum absolute atomic E-state index is 0.0490. The molecule has 1 aromatic carbocycles. The highest BCUT2D eigenvalue weighted by molar-refractivity contribution is 7.10. The number of thiophene rings is 1. The Kier molecular flexibility index (Phi) is 5.43. The van der Waals surface area contributed by atoms with Crippen LogP contribution in [0.15, 0.2) is 46.2 Å². The van der Waals surface area contributed by atoms with E-state index < -0.39 is 0 Å². The van der Waals surface area contributed by atoms with Crippen LogP contribution >= 0.6 is 11.3 Å². The van der Waals surface area contributed by atoms with E-state index in [-0.39, 0.29) is 30.2 Å². The van der Waals surface area contributed by atoms with Crippen LogP contribution in [0.2, 0.25) is 0 Å². The van der Waals surface area contributed by atoms with E-state index in [0.717, 1.165) is 35.4 Å². The molecule has 3 heterocycles. The van der Waals surface area contributed by atoms with Crippen LogP contribution in [0.5, 0.6) is 0 Å². The van der Waals surface area contributed by atoms with E-state index in [1.165, 1.54) is 6.92 Å². The molecule has 0 radical (unpaired) electrons. The van der Waals surface area contributed by atoms with Crippen molar-refractivity contribution >= 4 is 34.3 Å². The molecule has 7 heteroatoms. The molecule has 2 aromatic heterocycles. The summed E-state index contributed by atoms with van der Waals surface area (Å²) in [6.07, 6.45) is 2.13. The Hall–Kier alpha value is -2.67. The number of amides is 2. The molecule has 1 saturated heterocycles. The number of aromatic nitrogens is 1. The second kappa shape index (κ2) is 8.14. The zero-order valence-electron chi connectivity index (χ0n) is 15.8. The average molecular weight is 398 g/mol. The molecule has 0 aliphatic carbocycles. The lowest BCUT2D eigenvalue weighted by Crippen LogP contribution is -2.41. The number of nitrogens with one attached hydrogen (secondary N) is 1. The van der Waals surface area contributed by atoms with Gasteiger partial charge in [-0.25, -0.2) is 4.98 Å². The van der Waals surface area contributed by atoms with Crippen LogP contribution in [0, 0.1) is 0 Å². The highest BCUT2D eigenvalue weighted by Gasteiger charge is 2.29. The predicted octanol–water partition coefficient (Wildman–Crippen LogP) is 3.86. The van der Waals surface area contributed by atoms with E-state index in [1.54, 1.807) is 11.3 Å². The molecule has 1 aliphatic rings. The number of hydrogen-bond donors (Lipinski definition) is 1. The molecule has 2 atom stereocenters. The Morgan fingerprint density at radius 3 is 2.93 bits per heavy atom. The van der Waals surface area contributed by atoms with Crippen molar-refractivity contribution in [1.29, 1.82) is 0 Å². The Labute approximate surface area is 167 Å². The molecule has 4 rings (SSSR count). The SMILES string of the molecule is CC(=O)N[C@H](CC(=O)N1CCC[C@@H](c2nc3ccccc3o2)C1)c1cccs1. The number of oxazole rings is 1. The molecule has 3 aromatic rings. The second-order valence-corrected chi connectivity index (χ2v) is 8.15. The lowest BCUT2D eigenvalue weighted by atomic mass is 9.97. The molecule has 0 saturated carbocycles. The van der Waals surface area contributed by atoms with Crippen molar-refractivity contribution in [3.63, 3.8) is 0 Å². The number of para-hydroxylation sites is 2. The van der Waals surface area contributed by atoms with Gasteiger partial charge in [-0.2, -0.15) is 0 Å². The van der Waals surface area contributed by atoms with Crippen LogP contribution in [0.3, 0.4) is 0 Å². The molecule has 1 fully saturated rings. The standard InChI is InChI=1S/C21H23N3O3S/c1-14(25)22-17(19-9-5-11-28-19)12-20(26)24-10-4-6-15(13-24)21-23-16-7-2-3-8-18(16)27-21/h2-3,5,7-9,11,15,17H,4,6,10,12-13H2,1H3,(H,22,25)/t15-,17-/m1/s1. The molecule has 1 aliphatic heterocycles. The lowest BCUT2D eigenvalue weighted by Gasteiger charge is -2.32. The van der Waals surface area contributed by atoms with Crippen LogP contribution in [-0.4, -0.2) is 34.8 Å². The summed E-state index contributed by atoms with van der Waals surface area (Å²) in [6.45, 7) is 2.81. The quantitative estimate of drug-likeness (QED) is 0.709. The van der Waals surface area contributed by atoms with E-state index in [2.05, 4.69) is 10.3 Å². The largest absolute Gasteiger partial charge is 0.440 e. The molecular formula is C21H23N3O3S. The lowest BCUT2D eigenvalue weighted by molar-refractivity contribution is -0.133. The van der Waals surface area contributed by atoms with Gasteiger partial charge >= 0.3 is 0 Å². The molecule has 28 heavy (non-hydrogen) atoms. The number of hydrogen-bond acceptors (Lipinski definition) is 5. The number of benzene rings is 1. The van der Waals surface area contributed by atoms with Gasteiger partial charge in [-0.15, -0.1) is 11.3 Å². The molecule has 0 bridgehead atoms. The first kappa shape index (κ1) is 18.7. The normalized spacial score (nSPS) is 18.2. The Morgan fingerprint density at radius 2 is 2.18 bits per heavy atom. The summed E-state index contributed by atoms with van der Waals surface area (Å²) in [5.41, 5.74) is 1.63. The zero-order valence-corrected chi connectivity index (χ0v) is 16.6. The fourth-order valence-electron chi connectivity index (χ4n) is 3.73. The van der Waals surface area contributed by atoms with Crippen LogP contribution in [0.4, 0.5) is 0 Å². The van der Waals surface area contributed by atoms with Crippen molar-refractivity contribution in [2.24, 2.45) is 0 Å². The second-order valence-electron chi connectivity index (χ2n) is 7.17. The first-order chi connectivity index (χ1) is 13.6. The summed E-state index contributed by atoms with van der Waals surface area (Å²) in [4.78, 5) is 32.0. The molecule has 1 N–H and O–H groups in total. The molecule has 0 unspecified atom stereocenters. The third kappa shape index (κ3) is 4.09. The average Bonchev–Trinajstić information content (AvgIpc) is 3.37. The highest BCUT2D eigenvalue weighted by atomic mass is 32.1. The molecule has 0 spiro atoms. The van der Waals surface area contributed by atoms with Gasteiger partial charge in [0.05, 0.1) is 18.4 Å². The van der Waals surface area contributed by atoms with E-state index in [9.17, 15) is 9.59 Å².